The zero-order valence-corrected chi connectivity index (χ0v) is 16.6. The van der Waals surface area contributed by atoms with E-state index in [4.69, 9.17) is 14.5 Å². The second-order valence-electron chi connectivity index (χ2n) is 8.68. The molecule has 5 rings (SSSR count). The molecule has 3 fully saturated rings. The number of aromatic nitrogens is 2. The number of ether oxygens (including phenoxy) is 2. The summed E-state index contributed by atoms with van der Waals surface area (Å²) in [7, 11) is 2.15. The van der Waals surface area contributed by atoms with Crippen molar-refractivity contribution in [2.45, 2.75) is 24.9 Å². The Bertz CT molecular complexity index is 745. The fourth-order valence-corrected chi connectivity index (χ4v) is 4.90. The highest BCUT2D eigenvalue weighted by atomic mass is 16.5. The number of likely N-dealkylation sites (N-methyl/N-ethyl adjacent to an activating group) is 1. The van der Waals surface area contributed by atoms with Gasteiger partial charge in [-0.15, -0.1) is 0 Å². The van der Waals surface area contributed by atoms with E-state index in [0.717, 1.165) is 62.8 Å². The fraction of sp³-hybridized carbons (Fsp3) is 0.750. The molecule has 0 aromatic carbocycles. The normalized spacial score (nSPS) is 30.8. The van der Waals surface area contributed by atoms with Crippen LogP contribution in [0.1, 0.15) is 24.1 Å². The van der Waals surface area contributed by atoms with E-state index in [9.17, 15) is 4.79 Å². The van der Waals surface area contributed by atoms with Gasteiger partial charge in [0.05, 0.1) is 36.8 Å². The largest absolute Gasteiger partial charge is 0.381 e. The van der Waals surface area contributed by atoms with Gasteiger partial charge in [0.25, 0.3) is 0 Å². The molecule has 4 aliphatic heterocycles. The first-order chi connectivity index (χ1) is 13.6. The van der Waals surface area contributed by atoms with E-state index in [0.29, 0.717) is 33.0 Å². The highest BCUT2D eigenvalue weighted by molar-refractivity contribution is 5.79. The van der Waals surface area contributed by atoms with Gasteiger partial charge in [-0.25, -0.2) is 9.97 Å². The summed E-state index contributed by atoms with van der Waals surface area (Å²) in [5.74, 6) is 1.07. The van der Waals surface area contributed by atoms with Crippen LogP contribution in [0.2, 0.25) is 0 Å². The summed E-state index contributed by atoms with van der Waals surface area (Å²) >= 11 is 0. The van der Waals surface area contributed by atoms with Crippen LogP contribution in [-0.2, 0) is 26.3 Å². The molecule has 0 radical (unpaired) electrons. The van der Waals surface area contributed by atoms with Gasteiger partial charge in [0.2, 0.25) is 11.9 Å². The van der Waals surface area contributed by atoms with E-state index in [2.05, 4.69) is 21.8 Å². The molecule has 0 N–H and O–H groups in total. The summed E-state index contributed by atoms with van der Waals surface area (Å²) in [6.45, 7) is 7.86. The minimum absolute atomic E-state index is 0.0189. The summed E-state index contributed by atoms with van der Waals surface area (Å²) in [4.78, 5) is 29.2. The molecule has 28 heavy (non-hydrogen) atoms. The van der Waals surface area contributed by atoms with Gasteiger partial charge >= 0.3 is 0 Å². The van der Waals surface area contributed by atoms with Crippen molar-refractivity contribution in [2.75, 3.05) is 71.0 Å². The average Bonchev–Trinajstić information content (AvgIpc) is 3.39. The minimum atomic E-state index is -0.201. The topological polar surface area (TPSA) is 71.0 Å². The number of carbonyl (C=O) groups excluding carboxylic acids is 1. The molecule has 3 saturated heterocycles. The van der Waals surface area contributed by atoms with Crippen molar-refractivity contribution >= 4 is 11.9 Å². The molecule has 8 nitrogen and oxygen atoms in total. The predicted molar refractivity (Wildman–Crippen MR) is 103 cm³/mol. The number of piperazine rings is 1. The van der Waals surface area contributed by atoms with Crippen LogP contribution in [0.5, 0.6) is 0 Å². The molecule has 8 heteroatoms. The summed E-state index contributed by atoms with van der Waals surface area (Å²) in [6, 6.07) is 0. The van der Waals surface area contributed by atoms with Gasteiger partial charge in [-0.05, 0) is 19.9 Å². The molecule has 5 heterocycles. The van der Waals surface area contributed by atoms with Gasteiger partial charge < -0.3 is 24.2 Å². The summed E-state index contributed by atoms with van der Waals surface area (Å²) in [6.07, 6.45) is 3.68. The molecule has 152 valence electrons. The zero-order valence-electron chi connectivity index (χ0n) is 16.6. The average molecular weight is 387 g/mol. The van der Waals surface area contributed by atoms with Crippen LogP contribution in [-0.4, -0.2) is 91.8 Å². The SMILES string of the molecule is CN1CCN(c2ncc3c(n2)C2(CCN(C(=O)[C@H]4CCOC4)C2)COC3)CC1. The molecule has 0 aliphatic carbocycles. The Morgan fingerprint density at radius 3 is 2.86 bits per heavy atom. The lowest BCUT2D eigenvalue weighted by atomic mass is 9.80. The molecule has 4 aliphatic rings. The Labute approximate surface area is 165 Å². The fourth-order valence-electron chi connectivity index (χ4n) is 4.90. The molecule has 1 aromatic heterocycles. The van der Waals surface area contributed by atoms with E-state index in [1.165, 1.54) is 0 Å². The van der Waals surface area contributed by atoms with Gasteiger partial charge in [-0.2, -0.15) is 0 Å². The van der Waals surface area contributed by atoms with Gasteiger partial charge in [0.15, 0.2) is 0 Å². The number of hydrogen-bond donors (Lipinski definition) is 0. The Morgan fingerprint density at radius 2 is 2.07 bits per heavy atom. The predicted octanol–water partition coefficient (Wildman–Crippen LogP) is 0.265. The number of carbonyl (C=O) groups is 1. The first-order valence-corrected chi connectivity index (χ1v) is 10.4. The molecule has 1 unspecified atom stereocenters. The number of nitrogens with zero attached hydrogens (tertiary/aromatic N) is 5. The van der Waals surface area contributed by atoms with E-state index in [1.54, 1.807) is 0 Å². The van der Waals surface area contributed by atoms with E-state index >= 15 is 0 Å². The quantitative estimate of drug-likeness (QED) is 0.721. The standard InChI is InChI=1S/C20H29N5O3/c1-23-5-7-24(8-6-23)19-21-10-16-12-28-14-20(17(16)22-19)3-4-25(13-20)18(26)15-2-9-27-11-15/h10,15H,2-9,11-14H2,1H3/t15-,20?/m0/s1. The Morgan fingerprint density at radius 1 is 1.21 bits per heavy atom. The van der Waals surface area contributed by atoms with Crippen molar-refractivity contribution in [3.05, 3.63) is 17.5 Å². The monoisotopic (exact) mass is 387 g/mol. The Balaban J connectivity index is 1.39. The maximum absolute atomic E-state index is 12.9. The Hall–Kier alpha value is -1.77. The lowest BCUT2D eigenvalue weighted by molar-refractivity contribution is -0.134. The van der Waals surface area contributed by atoms with Crippen LogP contribution in [0, 0.1) is 5.92 Å². The molecule has 1 spiro atoms. The van der Waals surface area contributed by atoms with Crippen molar-refractivity contribution in [3.63, 3.8) is 0 Å². The van der Waals surface area contributed by atoms with Crippen molar-refractivity contribution in [3.8, 4) is 0 Å². The third-order valence-corrected chi connectivity index (χ3v) is 6.72. The molecule has 0 saturated carbocycles. The third-order valence-electron chi connectivity index (χ3n) is 6.72. The van der Waals surface area contributed by atoms with E-state index in [1.807, 2.05) is 11.1 Å². The first kappa shape index (κ1) is 18.3. The third kappa shape index (κ3) is 3.17. The maximum atomic E-state index is 12.9. The van der Waals surface area contributed by atoms with Crippen LogP contribution in [0.4, 0.5) is 5.95 Å². The second-order valence-corrected chi connectivity index (χ2v) is 8.68. The van der Waals surface area contributed by atoms with Crippen LogP contribution < -0.4 is 4.90 Å². The Kier molecular flexibility index (Phi) is 4.72. The first-order valence-electron chi connectivity index (χ1n) is 10.4. The second kappa shape index (κ2) is 7.24. The van der Waals surface area contributed by atoms with E-state index < -0.39 is 0 Å². The van der Waals surface area contributed by atoms with Gasteiger partial charge in [-0.1, -0.05) is 0 Å². The van der Waals surface area contributed by atoms with Gasteiger partial charge in [-0.3, -0.25) is 4.79 Å². The van der Waals surface area contributed by atoms with Crippen molar-refractivity contribution in [2.24, 2.45) is 5.92 Å². The molecule has 2 atom stereocenters. The summed E-state index contributed by atoms with van der Waals surface area (Å²) < 4.78 is 11.3. The van der Waals surface area contributed by atoms with Crippen LogP contribution in [0.15, 0.2) is 6.20 Å². The van der Waals surface area contributed by atoms with E-state index in [-0.39, 0.29) is 17.2 Å². The molecule has 0 bridgehead atoms. The minimum Gasteiger partial charge on any atom is -0.381 e. The molecule has 1 aromatic rings. The molecule has 1 amide bonds. The van der Waals surface area contributed by atoms with Crippen molar-refractivity contribution in [1.29, 1.82) is 0 Å². The zero-order chi connectivity index (χ0) is 19.1. The number of likely N-dealkylation sites (tertiary alicyclic amines) is 1. The number of amides is 1. The van der Waals surface area contributed by atoms with Gasteiger partial charge in [0.1, 0.15) is 0 Å². The lowest BCUT2D eigenvalue weighted by Crippen LogP contribution is -2.46. The van der Waals surface area contributed by atoms with Gasteiger partial charge in [0, 0.05) is 57.6 Å². The number of rotatable bonds is 2. The maximum Gasteiger partial charge on any atom is 0.228 e. The highest BCUT2D eigenvalue weighted by Crippen LogP contribution is 2.40. The molecular weight excluding hydrogens is 358 g/mol. The van der Waals surface area contributed by atoms with Crippen LogP contribution in [0.3, 0.4) is 0 Å². The summed E-state index contributed by atoms with van der Waals surface area (Å²) in [5.41, 5.74) is 1.97. The molecular formula is C20H29N5O3. The van der Waals surface area contributed by atoms with Crippen molar-refractivity contribution < 1.29 is 14.3 Å². The van der Waals surface area contributed by atoms with Crippen LogP contribution in [0.25, 0.3) is 0 Å². The number of fused-ring (bicyclic) bond motifs is 2. The number of anilines is 1. The smallest absolute Gasteiger partial charge is 0.228 e. The summed E-state index contributed by atoms with van der Waals surface area (Å²) in [5, 5.41) is 0. The number of hydrogen-bond acceptors (Lipinski definition) is 7. The lowest BCUT2D eigenvalue weighted by Gasteiger charge is -2.36. The highest BCUT2D eigenvalue weighted by Gasteiger charge is 2.47. The van der Waals surface area contributed by atoms with Crippen molar-refractivity contribution in [1.82, 2.24) is 19.8 Å². The van der Waals surface area contributed by atoms with Crippen LogP contribution >= 0.6 is 0 Å².